The van der Waals surface area contributed by atoms with Gasteiger partial charge in [0.05, 0.1) is 6.61 Å². The molecular formula is C23H29N3O3. The average molecular weight is 396 g/mol. The lowest BCUT2D eigenvalue weighted by Crippen LogP contribution is -2.35. The van der Waals surface area contributed by atoms with Crippen LogP contribution in [0.4, 0.5) is 5.69 Å². The maximum atomic E-state index is 12.8. The number of hydrogen-bond acceptors (Lipinski definition) is 4. The van der Waals surface area contributed by atoms with Crippen LogP contribution >= 0.6 is 0 Å². The van der Waals surface area contributed by atoms with Gasteiger partial charge in [0.1, 0.15) is 6.17 Å². The Morgan fingerprint density at radius 2 is 1.86 bits per heavy atom. The van der Waals surface area contributed by atoms with Gasteiger partial charge < -0.3 is 20.3 Å². The molecule has 0 fully saturated rings. The molecule has 6 nitrogen and oxygen atoms in total. The Morgan fingerprint density at radius 1 is 1.10 bits per heavy atom. The quantitative estimate of drug-likeness (QED) is 0.600. The maximum absolute atomic E-state index is 12.8. The zero-order valence-electron chi connectivity index (χ0n) is 17.1. The van der Waals surface area contributed by atoms with Crippen LogP contribution in [-0.2, 0) is 4.74 Å². The van der Waals surface area contributed by atoms with Crippen LogP contribution in [0.15, 0.2) is 48.5 Å². The number of nitrogens with one attached hydrogen (secondary N) is 2. The van der Waals surface area contributed by atoms with Crippen molar-refractivity contribution in [2.75, 3.05) is 32.1 Å². The molecule has 0 aliphatic carbocycles. The average Bonchev–Trinajstić information content (AvgIpc) is 3.01. The molecule has 1 atom stereocenters. The normalized spacial score (nSPS) is 15.3. The molecule has 2 N–H and O–H groups in total. The molecule has 3 rings (SSSR count). The summed E-state index contributed by atoms with van der Waals surface area (Å²) in [5, 5.41) is 6.38. The van der Waals surface area contributed by atoms with Crippen molar-refractivity contribution in [1.82, 2.24) is 10.2 Å². The van der Waals surface area contributed by atoms with Crippen LogP contribution in [0, 0.1) is 0 Å². The Kier molecular flexibility index (Phi) is 7.25. The van der Waals surface area contributed by atoms with Gasteiger partial charge in [-0.15, -0.1) is 0 Å². The highest BCUT2D eigenvalue weighted by molar-refractivity contribution is 5.99. The molecule has 0 saturated heterocycles. The van der Waals surface area contributed by atoms with Gasteiger partial charge in [0.15, 0.2) is 0 Å². The first-order valence-corrected chi connectivity index (χ1v) is 10.2. The standard InChI is InChI=1S/C23H29N3O3/c1-3-4-7-14-24-22(27)17-10-12-18(13-11-17)25-21-19-8-5-6-9-20(19)23(28)26(21)15-16-29-2/h5-6,8-13,21,25H,3-4,7,14-16H2,1-2H3,(H,24,27)/t21-/m0/s1. The van der Waals surface area contributed by atoms with Gasteiger partial charge >= 0.3 is 0 Å². The maximum Gasteiger partial charge on any atom is 0.256 e. The summed E-state index contributed by atoms with van der Waals surface area (Å²) in [6.07, 6.45) is 2.98. The number of methoxy groups -OCH3 is 1. The van der Waals surface area contributed by atoms with Crippen molar-refractivity contribution in [3.05, 3.63) is 65.2 Å². The Balaban J connectivity index is 1.69. The first-order valence-electron chi connectivity index (χ1n) is 10.2. The van der Waals surface area contributed by atoms with Gasteiger partial charge in [-0.05, 0) is 36.8 Å². The van der Waals surface area contributed by atoms with Gasteiger partial charge in [0, 0.05) is 42.6 Å². The highest BCUT2D eigenvalue weighted by Gasteiger charge is 2.36. The summed E-state index contributed by atoms with van der Waals surface area (Å²) in [5.41, 5.74) is 3.14. The van der Waals surface area contributed by atoms with E-state index in [0.717, 1.165) is 30.5 Å². The lowest BCUT2D eigenvalue weighted by atomic mass is 10.1. The molecule has 0 unspecified atom stereocenters. The van der Waals surface area contributed by atoms with E-state index in [1.54, 1.807) is 24.1 Å². The van der Waals surface area contributed by atoms with Crippen LogP contribution in [0.5, 0.6) is 0 Å². The van der Waals surface area contributed by atoms with Crippen LogP contribution in [0.1, 0.15) is 58.6 Å². The smallest absolute Gasteiger partial charge is 0.256 e. The van der Waals surface area contributed by atoms with Crippen molar-refractivity contribution in [3.63, 3.8) is 0 Å². The van der Waals surface area contributed by atoms with Crippen molar-refractivity contribution in [3.8, 4) is 0 Å². The van der Waals surface area contributed by atoms with Crippen molar-refractivity contribution in [1.29, 1.82) is 0 Å². The molecule has 2 aromatic rings. The topological polar surface area (TPSA) is 70.7 Å². The van der Waals surface area contributed by atoms with Crippen LogP contribution in [-0.4, -0.2) is 43.5 Å². The van der Waals surface area contributed by atoms with Crippen LogP contribution in [0.25, 0.3) is 0 Å². The lowest BCUT2D eigenvalue weighted by Gasteiger charge is -2.27. The fourth-order valence-corrected chi connectivity index (χ4v) is 3.50. The molecular weight excluding hydrogens is 366 g/mol. The van der Waals surface area contributed by atoms with Crippen molar-refractivity contribution in [2.45, 2.75) is 32.4 Å². The lowest BCUT2D eigenvalue weighted by molar-refractivity contribution is 0.0674. The zero-order chi connectivity index (χ0) is 20.6. The molecule has 2 amide bonds. The highest BCUT2D eigenvalue weighted by Crippen LogP contribution is 2.34. The fraction of sp³-hybridized carbons (Fsp3) is 0.391. The number of anilines is 1. The second-order valence-electron chi connectivity index (χ2n) is 7.17. The second-order valence-corrected chi connectivity index (χ2v) is 7.17. The zero-order valence-corrected chi connectivity index (χ0v) is 17.1. The molecule has 1 heterocycles. The van der Waals surface area contributed by atoms with E-state index >= 15 is 0 Å². The van der Waals surface area contributed by atoms with Crippen LogP contribution < -0.4 is 10.6 Å². The predicted molar refractivity (Wildman–Crippen MR) is 114 cm³/mol. The summed E-state index contributed by atoms with van der Waals surface area (Å²) in [4.78, 5) is 26.8. The Bertz CT molecular complexity index is 836. The number of carbonyl (C=O) groups is 2. The Hall–Kier alpha value is -2.86. The molecule has 2 aromatic carbocycles. The third-order valence-corrected chi connectivity index (χ3v) is 5.11. The molecule has 29 heavy (non-hydrogen) atoms. The SMILES string of the molecule is CCCCCNC(=O)c1ccc(N[C@@H]2c3ccccc3C(=O)N2CCOC)cc1. The minimum absolute atomic E-state index is 0.00164. The number of rotatable bonds is 10. The van der Waals surface area contributed by atoms with Crippen molar-refractivity contribution >= 4 is 17.5 Å². The summed E-state index contributed by atoms with van der Waals surface area (Å²) in [6, 6.07) is 15.0. The molecule has 0 saturated carbocycles. The van der Waals surface area contributed by atoms with E-state index in [1.165, 1.54) is 0 Å². The van der Waals surface area contributed by atoms with Crippen LogP contribution in [0.3, 0.4) is 0 Å². The van der Waals surface area contributed by atoms with E-state index < -0.39 is 0 Å². The molecule has 1 aliphatic heterocycles. The minimum atomic E-state index is -0.262. The summed E-state index contributed by atoms with van der Waals surface area (Å²) in [5.74, 6) is -0.0611. The largest absolute Gasteiger partial charge is 0.383 e. The van der Waals surface area contributed by atoms with E-state index in [9.17, 15) is 9.59 Å². The fourth-order valence-electron chi connectivity index (χ4n) is 3.50. The monoisotopic (exact) mass is 395 g/mol. The van der Waals surface area contributed by atoms with Crippen molar-refractivity contribution in [2.24, 2.45) is 0 Å². The molecule has 0 bridgehead atoms. The third-order valence-electron chi connectivity index (χ3n) is 5.11. The van der Waals surface area contributed by atoms with E-state index in [1.807, 2.05) is 36.4 Å². The third kappa shape index (κ3) is 4.95. The Morgan fingerprint density at radius 3 is 2.59 bits per heavy atom. The van der Waals surface area contributed by atoms with E-state index in [4.69, 9.17) is 4.74 Å². The molecule has 154 valence electrons. The molecule has 1 aliphatic rings. The number of ether oxygens (including phenoxy) is 1. The molecule has 0 spiro atoms. The summed E-state index contributed by atoms with van der Waals surface area (Å²) >= 11 is 0. The number of fused-ring (bicyclic) bond motifs is 1. The summed E-state index contributed by atoms with van der Waals surface area (Å²) < 4.78 is 5.17. The van der Waals surface area contributed by atoms with Gasteiger partial charge in [-0.2, -0.15) is 0 Å². The van der Waals surface area contributed by atoms with E-state index in [0.29, 0.717) is 30.8 Å². The molecule has 0 aromatic heterocycles. The minimum Gasteiger partial charge on any atom is -0.383 e. The number of carbonyl (C=O) groups excluding carboxylic acids is 2. The first-order chi connectivity index (χ1) is 14.2. The van der Waals surface area contributed by atoms with Crippen LogP contribution in [0.2, 0.25) is 0 Å². The second kappa shape index (κ2) is 10.1. The van der Waals surface area contributed by atoms with E-state index in [2.05, 4.69) is 17.6 Å². The summed E-state index contributed by atoms with van der Waals surface area (Å²) in [6.45, 7) is 3.80. The molecule has 0 radical (unpaired) electrons. The van der Waals surface area contributed by atoms with Crippen molar-refractivity contribution < 1.29 is 14.3 Å². The number of nitrogens with zero attached hydrogens (tertiary/aromatic N) is 1. The van der Waals surface area contributed by atoms with E-state index in [-0.39, 0.29) is 18.0 Å². The highest BCUT2D eigenvalue weighted by atomic mass is 16.5. The molecule has 6 heteroatoms. The van der Waals surface area contributed by atoms with Gasteiger partial charge in [0.25, 0.3) is 11.8 Å². The van der Waals surface area contributed by atoms with Gasteiger partial charge in [0.2, 0.25) is 0 Å². The Labute approximate surface area is 172 Å². The first kappa shape index (κ1) is 20.9. The number of unbranched alkanes of at least 4 members (excludes halogenated alkanes) is 2. The number of benzene rings is 2. The predicted octanol–water partition coefficient (Wildman–Crippen LogP) is 3.82. The van der Waals surface area contributed by atoms with Gasteiger partial charge in [-0.3, -0.25) is 9.59 Å². The van der Waals surface area contributed by atoms with Gasteiger partial charge in [-0.1, -0.05) is 38.0 Å². The summed E-state index contributed by atoms with van der Waals surface area (Å²) in [7, 11) is 1.63. The number of hydrogen-bond donors (Lipinski definition) is 2. The number of amides is 2. The van der Waals surface area contributed by atoms with Gasteiger partial charge in [-0.25, -0.2) is 0 Å².